The van der Waals surface area contributed by atoms with Gasteiger partial charge >= 0.3 is 0 Å². The molecule has 0 aromatic rings. The van der Waals surface area contributed by atoms with Crippen LogP contribution in [0.3, 0.4) is 0 Å². The lowest BCUT2D eigenvalue weighted by molar-refractivity contribution is -0.220. The van der Waals surface area contributed by atoms with E-state index in [1.807, 2.05) is 6.92 Å². The molecule has 0 aliphatic carbocycles. The van der Waals surface area contributed by atoms with Crippen molar-refractivity contribution in [3.05, 3.63) is 0 Å². The molecule has 1 unspecified atom stereocenters. The van der Waals surface area contributed by atoms with E-state index in [2.05, 4.69) is 5.32 Å². The Hall–Kier alpha value is -0.610. The maximum atomic E-state index is 11.6. The number of carbonyl (C=O) groups excluding carboxylic acids is 1. The zero-order chi connectivity index (χ0) is 9.73. The van der Waals surface area contributed by atoms with Crippen LogP contribution in [0.4, 0.5) is 0 Å². The predicted octanol–water partition coefficient (Wildman–Crippen LogP) is 0.666. The standard InChI is InChI=1S/C9H17NO3/c1-3-13-9(12-2)6-4-5-7-10-8(9)11/h3-7H2,1-2H3,(H,10,11). The largest absolute Gasteiger partial charge is 0.351 e. The van der Waals surface area contributed by atoms with Crippen molar-refractivity contribution in [2.24, 2.45) is 0 Å². The summed E-state index contributed by atoms with van der Waals surface area (Å²) in [6.07, 6.45) is 2.58. The van der Waals surface area contributed by atoms with Crippen LogP contribution in [0.2, 0.25) is 0 Å². The lowest BCUT2D eigenvalue weighted by Crippen LogP contribution is -2.49. The first-order chi connectivity index (χ1) is 6.25. The molecule has 4 heteroatoms. The smallest absolute Gasteiger partial charge is 0.280 e. The van der Waals surface area contributed by atoms with Gasteiger partial charge in [-0.05, 0) is 19.8 Å². The number of hydrogen-bond acceptors (Lipinski definition) is 3. The molecule has 1 rings (SSSR count). The number of nitrogens with one attached hydrogen (secondary N) is 1. The topological polar surface area (TPSA) is 47.6 Å². The Morgan fingerprint density at radius 1 is 1.54 bits per heavy atom. The molecular weight excluding hydrogens is 170 g/mol. The van der Waals surface area contributed by atoms with Gasteiger partial charge in [-0.3, -0.25) is 4.79 Å². The molecule has 0 aromatic heterocycles. The van der Waals surface area contributed by atoms with Crippen LogP contribution in [0.15, 0.2) is 0 Å². The summed E-state index contributed by atoms with van der Waals surface area (Å²) in [6.45, 7) is 3.07. The third-order valence-corrected chi connectivity index (χ3v) is 2.27. The predicted molar refractivity (Wildman–Crippen MR) is 48.2 cm³/mol. The lowest BCUT2D eigenvalue weighted by atomic mass is 10.1. The second-order valence-corrected chi connectivity index (χ2v) is 3.10. The number of amides is 1. The Morgan fingerprint density at radius 2 is 2.31 bits per heavy atom. The molecule has 13 heavy (non-hydrogen) atoms. The van der Waals surface area contributed by atoms with Gasteiger partial charge in [0.25, 0.3) is 5.91 Å². The van der Waals surface area contributed by atoms with Gasteiger partial charge < -0.3 is 14.8 Å². The highest BCUT2D eigenvalue weighted by Crippen LogP contribution is 2.22. The van der Waals surface area contributed by atoms with E-state index in [9.17, 15) is 4.79 Å². The van der Waals surface area contributed by atoms with Crippen LogP contribution < -0.4 is 5.32 Å². The molecule has 1 saturated heterocycles. The fraction of sp³-hybridized carbons (Fsp3) is 0.889. The molecule has 0 saturated carbocycles. The van der Waals surface area contributed by atoms with Gasteiger partial charge in [-0.1, -0.05) is 0 Å². The van der Waals surface area contributed by atoms with Gasteiger partial charge in [0.2, 0.25) is 5.79 Å². The van der Waals surface area contributed by atoms with Gasteiger partial charge in [-0.25, -0.2) is 0 Å². The van der Waals surface area contributed by atoms with E-state index in [4.69, 9.17) is 9.47 Å². The summed E-state index contributed by atoms with van der Waals surface area (Å²) in [5.41, 5.74) is 0. The van der Waals surface area contributed by atoms with Crippen molar-refractivity contribution in [3.63, 3.8) is 0 Å². The van der Waals surface area contributed by atoms with Crippen LogP contribution in [-0.4, -0.2) is 32.0 Å². The highest BCUT2D eigenvalue weighted by atomic mass is 16.7. The summed E-state index contributed by atoms with van der Waals surface area (Å²) < 4.78 is 10.6. The average Bonchev–Trinajstić information content (AvgIpc) is 2.31. The van der Waals surface area contributed by atoms with Gasteiger partial charge in [-0.15, -0.1) is 0 Å². The summed E-state index contributed by atoms with van der Waals surface area (Å²) in [4.78, 5) is 11.6. The van der Waals surface area contributed by atoms with Crippen molar-refractivity contribution in [2.75, 3.05) is 20.3 Å². The van der Waals surface area contributed by atoms with E-state index < -0.39 is 5.79 Å². The first kappa shape index (κ1) is 10.5. The van der Waals surface area contributed by atoms with Crippen molar-refractivity contribution in [1.82, 2.24) is 5.32 Å². The Bertz CT molecular complexity index is 184. The van der Waals surface area contributed by atoms with Gasteiger partial charge in [0, 0.05) is 26.7 Å². The van der Waals surface area contributed by atoms with E-state index in [0.29, 0.717) is 13.0 Å². The van der Waals surface area contributed by atoms with E-state index in [-0.39, 0.29) is 5.91 Å². The van der Waals surface area contributed by atoms with E-state index in [0.717, 1.165) is 19.4 Å². The molecule has 0 aromatic carbocycles. The third kappa shape index (κ3) is 2.19. The van der Waals surface area contributed by atoms with Gasteiger partial charge in [0.15, 0.2) is 0 Å². The molecule has 0 radical (unpaired) electrons. The minimum absolute atomic E-state index is 0.144. The molecular formula is C9H17NO3. The van der Waals surface area contributed by atoms with Crippen LogP contribution in [0, 0.1) is 0 Å². The molecule has 4 nitrogen and oxygen atoms in total. The fourth-order valence-electron chi connectivity index (χ4n) is 1.56. The van der Waals surface area contributed by atoms with Crippen molar-refractivity contribution < 1.29 is 14.3 Å². The zero-order valence-electron chi connectivity index (χ0n) is 8.26. The molecule has 1 atom stereocenters. The van der Waals surface area contributed by atoms with Crippen molar-refractivity contribution in [2.45, 2.75) is 32.0 Å². The van der Waals surface area contributed by atoms with Gasteiger partial charge in [-0.2, -0.15) is 0 Å². The third-order valence-electron chi connectivity index (χ3n) is 2.27. The SMILES string of the molecule is CCOC1(OC)CCCCNC1=O. The first-order valence-electron chi connectivity index (χ1n) is 4.72. The Labute approximate surface area is 78.6 Å². The van der Waals surface area contributed by atoms with Gasteiger partial charge in [0.05, 0.1) is 0 Å². The summed E-state index contributed by atoms with van der Waals surface area (Å²) >= 11 is 0. The van der Waals surface area contributed by atoms with Crippen LogP contribution >= 0.6 is 0 Å². The number of carbonyl (C=O) groups is 1. The molecule has 1 fully saturated rings. The number of methoxy groups -OCH3 is 1. The maximum absolute atomic E-state index is 11.6. The maximum Gasteiger partial charge on any atom is 0.280 e. The molecule has 1 N–H and O–H groups in total. The normalized spacial score (nSPS) is 29.5. The van der Waals surface area contributed by atoms with Crippen molar-refractivity contribution in [3.8, 4) is 0 Å². The summed E-state index contributed by atoms with van der Waals surface area (Å²) in [6, 6.07) is 0. The van der Waals surface area contributed by atoms with Crippen LogP contribution in [-0.2, 0) is 14.3 Å². The lowest BCUT2D eigenvalue weighted by Gasteiger charge is -2.28. The molecule has 76 valence electrons. The highest BCUT2D eigenvalue weighted by Gasteiger charge is 2.40. The summed E-state index contributed by atoms with van der Waals surface area (Å²) in [5.74, 6) is -1.18. The van der Waals surface area contributed by atoms with Gasteiger partial charge in [0.1, 0.15) is 0 Å². The van der Waals surface area contributed by atoms with Crippen LogP contribution in [0.25, 0.3) is 0 Å². The fourth-order valence-corrected chi connectivity index (χ4v) is 1.56. The van der Waals surface area contributed by atoms with Crippen molar-refractivity contribution >= 4 is 5.91 Å². The van der Waals surface area contributed by atoms with E-state index in [1.54, 1.807) is 0 Å². The molecule has 0 spiro atoms. The summed E-state index contributed by atoms with van der Waals surface area (Å²) in [5, 5.41) is 2.78. The molecule has 0 bridgehead atoms. The highest BCUT2D eigenvalue weighted by molar-refractivity contribution is 5.83. The average molecular weight is 187 g/mol. The minimum Gasteiger partial charge on any atom is -0.351 e. The molecule has 1 heterocycles. The Kier molecular flexibility index (Phi) is 3.69. The Morgan fingerprint density at radius 3 is 2.92 bits per heavy atom. The molecule has 1 aliphatic heterocycles. The van der Waals surface area contributed by atoms with Crippen LogP contribution in [0.5, 0.6) is 0 Å². The first-order valence-corrected chi connectivity index (χ1v) is 4.72. The second-order valence-electron chi connectivity index (χ2n) is 3.10. The van der Waals surface area contributed by atoms with Crippen molar-refractivity contribution in [1.29, 1.82) is 0 Å². The minimum atomic E-state index is -1.04. The Balaban J connectivity index is 2.72. The van der Waals surface area contributed by atoms with E-state index >= 15 is 0 Å². The second kappa shape index (κ2) is 4.58. The zero-order valence-corrected chi connectivity index (χ0v) is 8.26. The van der Waals surface area contributed by atoms with Crippen LogP contribution in [0.1, 0.15) is 26.2 Å². The monoisotopic (exact) mass is 187 g/mol. The number of ether oxygens (including phenoxy) is 2. The van der Waals surface area contributed by atoms with E-state index in [1.165, 1.54) is 7.11 Å². The molecule has 1 amide bonds. The number of rotatable bonds is 3. The summed E-state index contributed by atoms with van der Waals surface area (Å²) in [7, 11) is 1.51. The quantitative estimate of drug-likeness (QED) is 0.660. The molecule has 1 aliphatic rings. The number of hydrogen-bond donors (Lipinski definition) is 1.